The lowest BCUT2D eigenvalue weighted by molar-refractivity contribution is -0.121. The number of ether oxygens (including phenoxy) is 1. The third kappa shape index (κ3) is 4.74. The Kier molecular flexibility index (Phi) is 6.97. The molecule has 0 saturated heterocycles. The van der Waals surface area contributed by atoms with Gasteiger partial charge in [0.1, 0.15) is 5.00 Å². The van der Waals surface area contributed by atoms with Gasteiger partial charge in [-0.3, -0.25) is 4.79 Å². The van der Waals surface area contributed by atoms with Crippen LogP contribution >= 0.6 is 22.9 Å². The number of rotatable bonds is 7. The predicted octanol–water partition coefficient (Wildman–Crippen LogP) is 6.62. The lowest BCUT2D eigenvalue weighted by atomic mass is 9.78. The van der Waals surface area contributed by atoms with E-state index in [0.717, 1.165) is 41.7 Å². The van der Waals surface area contributed by atoms with Crippen LogP contribution in [0.4, 0.5) is 5.00 Å². The molecule has 4 nitrogen and oxygen atoms in total. The number of anilines is 1. The largest absolute Gasteiger partial charge is 0.462 e. The second-order valence-electron chi connectivity index (χ2n) is 8.09. The van der Waals surface area contributed by atoms with E-state index < -0.39 is 11.4 Å². The minimum Gasteiger partial charge on any atom is -0.462 e. The monoisotopic (exact) mass is 467 g/mol. The van der Waals surface area contributed by atoms with Crippen LogP contribution < -0.4 is 5.32 Å². The molecule has 0 atom stereocenters. The van der Waals surface area contributed by atoms with Crippen LogP contribution in [0.1, 0.15) is 59.0 Å². The van der Waals surface area contributed by atoms with E-state index in [1.165, 1.54) is 11.3 Å². The van der Waals surface area contributed by atoms with E-state index in [0.29, 0.717) is 22.0 Å². The summed E-state index contributed by atoms with van der Waals surface area (Å²) in [5, 5.41) is 4.30. The zero-order valence-corrected chi connectivity index (χ0v) is 19.6. The maximum atomic E-state index is 13.6. The van der Waals surface area contributed by atoms with Crippen LogP contribution in [0.15, 0.2) is 60.7 Å². The van der Waals surface area contributed by atoms with Crippen LogP contribution in [-0.2, 0) is 21.4 Å². The molecule has 0 spiro atoms. The summed E-state index contributed by atoms with van der Waals surface area (Å²) in [5.74, 6) is -0.485. The van der Waals surface area contributed by atoms with E-state index in [9.17, 15) is 9.59 Å². The van der Waals surface area contributed by atoms with E-state index in [4.69, 9.17) is 16.3 Å². The fourth-order valence-electron chi connectivity index (χ4n) is 4.40. The molecule has 0 aliphatic heterocycles. The van der Waals surface area contributed by atoms with Gasteiger partial charge in [-0.15, -0.1) is 11.3 Å². The molecule has 32 heavy (non-hydrogen) atoms. The van der Waals surface area contributed by atoms with Gasteiger partial charge in [0.2, 0.25) is 5.91 Å². The summed E-state index contributed by atoms with van der Waals surface area (Å²) in [6.45, 7) is 2.06. The van der Waals surface area contributed by atoms with Crippen LogP contribution in [0, 0.1) is 0 Å². The second-order valence-corrected chi connectivity index (χ2v) is 9.66. The molecule has 1 heterocycles. The number of hydrogen-bond acceptors (Lipinski definition) is 4. The van der Waals surface area contributed by atoms with Gasteiger partial charge in [-0.2, -0.15) is 0 Å². The number of nitrogens with one attached hydrogen (secondary N) is 1. The van der Waals surface area contributed by atoms with E-state index >= 15 is 0 Å². The van der Waals surface area contributed by atoms with Crippen LogP contribution in [0.25, 0.3) is 0 Å². The fraction of sp³-hybridized carbons (Fsp3) is 0.308. The summed E-state index contributed by atoms with van der Waals surface area (Å²) < 4.78 is 5.26. The standard InChI is InChI=1S/C26H26ClNO3S/c1-2-31-24(29)22-17-21(16-18-8-4-3-5-9-18)32-23(22)28-25(30)26(14-6-7-15-26)19-10-12-20(27)13-11-19/h3-5,8-13,17H,2,6-7,14-16H2,1H3,(H,28,30). The smallest absolute Gasteiger partial charge is 0.341 e. The fourth-order valence-corrected chi connectivity index (χ4v) is 5.60. The highest BCUT2D eigenvalue weighted by atomic mass is 35.5. The number of benzene rings is 2. The van der Waals surface area contributed by atoms with Crippen molar-refractivity contribution < 1.29 is 14.3 Å². The Bertz CT molecular complexity index is 1090. The van der Waals surface area contributed by atoms with Gasteiger partial charge in [0.25, 0.3) is 0 Å². The van der Waals surface area contributed by atoms with E-state index in [2.05, 4.69) is 17.4 Å². The molecule has 4 rings (SSSR count). The number of esters is 1. The molecule has 1 aromatic heterocycles. The summed E-state index contributed by atoms with van der Waals surface area (Å²) in [6, 6.07) is 19.5. The summed E-state index contributed by atoms with van der Waals surface area (Å²) in [5.41, 5.74) is 1.92. The van der Waals surface area contributed by atoms with Crippen molar-refractivity contribution in [1.82, 2.24) is 0 Å². The molecule has 3 aromatic rings. The first kappa shape index (κ1) is 22.6. The molecule has 0 radical (unpaired) electrons. The third-order valence-electron chi connectivity index (χ3n) is 6.02. The first-order valence-electron chi connectivity index (χ1n) is 10.9. The average molecular weight is 468 g/mol. The Hall–Kier alpha value is -2.63. The van der Waals surface area contributed by atoms with Gasteiger partial charge in [-0.25, -0.2) is 4.79 Å². The summed E-state index contributed by atoms with van der Waals surface area (Å²) in [6.07, 6.45) is 4.22. The van der Waals surface area contributed by atoms with Crippen molar-refractivity contribution in [2.24, 2.45) is 0 Å². The molecule has 166 valence electrons. The van der Waals surface area contributed by atoms with Crippen molar-refractivity contribution in [3.8, 4) is 0 Å². The van der Waals surface area contributed by atoms with E-state index in [-0.39, 0.29) is 12.5 Å². The minimum atomic E-state index is -0.611. The maximum absolute atomic E-state index is 13.6. The maximum Gasteiger partial charge on any atom is 0.341 e. The number of amides is 1. The zero-order chi connectivity index (χ0) is 22.6. The van der Waals surface area contributed by atoms with Crippen molar-refractivity contribution in [3.05, 3.63) is 87.3 Å². The van der Waals surface area contributed by atoms with E-state index in [1.54, 1.807) is 6.92 Å². The summed E-state index contributed by atoms with van der Waals surface area (Å²) in [4.78, 5) is 27.3. The molecule has 0 bridgehead atoms. The molecule has 2 aromatic carbocycles. The van der Waals surface area contributed by atoms with Gasteiger partial charge in [0.05, 0.1) is 17.6 Å². The molecule has 1 N–H and O–H groups in total. The lowest BCUT2D eigenvalue weighted by Gasteiger charge is -2.28. The second kappa shape index (κ2) is 9.88. The van der Waals surface area contributed by atoms with Gasteiger partial charge in [0, 0.05) is 16.3 Å². The molecular formula is C26H26ClNO3S. The quantitative estimate of drug-likeness (QED) is 0.397. The topological polar surface area (TPSA) is 55.4 Å². The Morgan fingerprint density at radius 2 is 1.75 bits per heavy atom. The number of hydrogen-bond donors (Lipinski definition) is 1. The summed E-state index contributed by atoms with van der Waals surface area (Å²) in [7, 11) is 0. The Balaban J connectivity index is 1.64. The Labute approximate surface area is 197 Å². The average Bonchev–Trinajstić information content (AvgIpc) is 3.43. The number of carbonyl (C=O) groups excluding carboxylic acids is 2. The van der Waals surface area contributed by atoms with Crippen molar-refractivity contribution in [3.63, 3.8) is 0 Å². The SMILES string of the molecule is CCOC(=O)c1cc(Cc2ccccc2)sc1NC(=O)C1(c2ccc(Cl)cc2)CCCC1. The van der Waals surface area contributed by atoms with E-state index in [1.807, 2.05) is 48.5 Å². The van der Waals surface area contributed by atoms with Crippen molar-refractivity contribution in [1.29, 1.82) is 0 Å². The van der Waals surface area contributed by atoms with Gasteiger partial charge < -0.3 is 10.1 Å². The molecular weight excluding hydrogens is 442 g/mol. The molecule has 1 amide bonds. The van der Waals surface area contributed by atoms with Crippen molar-refractivity contribution in [2.75, 3.05) is 11.9 Å². The molecule has 0 unspecified atom stereocenters. The molecule has 1 aliphatic rings. The number of thiophene rings is 1. The lowest BCUT2D eigenvalue weighted by Crippen LogP contribution is -2.38. The minimum absolute atomic E-state index is 0.0732. The highest BCUT2D eigenvalue weighted by molar-refractivity contribution is 7.16. The predicted molar refractivity (Wildman–Crippen MR) is 130 cm³/mol. The Morgan fingerprint density at radius 1 is 1.06 bits per heavy atom. The first-order chi connectivity index (χ1) is 15.5. The van der Waals surface area contributed by atoms with Gasteiger partial charge >= 0.3 is 5.97 Å². The van der Waals surface area contributed by atoms with Crippen LogP contribution in [0.2, 0.25) is 5.02 Å². The van der Waals surface area contributed by atoms with Crippen LogP contribution in [-0.4, -0.2) is 18.5 Å². The van der Waals surface area contributed by atoms with Gasteiger partial charge in [0.15, 0.2) is 0 Å². The molecule has 1 fully saturated rings. The van der Waals surface area contributed by atoms with Crippen LogP contribution in [0.5, 0.6) is 0 Å². The van der Waals surface area contributed by atoms with Gasteiger partial charge in [-0.1, -0.05) is 66.9 Å². The van der Waals surface area contributed by atoms with Crippen LogP contribution in [0.3, 0.4) is 0 Å². The Morgan fingerprint density at radius 3 is 2.41 bits per heavy atom. The number of halogens is 1. The van der Waals surface area contributed by atoms with Crippen molar-refractivity contribution in [2.45, 2.75) is 44.4 Å². The highest BCUT2D eigenvalue weighted by Gasteiger charge is 2.43. The highest BCUT2D eigenvalue weighted by Crippen LogP contribution is 2.43. The molecule has 1 saturated carbocycles. The van der Waals surface area contributed by atoms with Gasteiger partial charge in [-0.05, 0) is 49.1 Å². The molecule has 6 heteroatoms. The normalized spacial score (nSPS) is 14.8. The third-order valence-corrected chi connectivity index (χ3v) is 7.32. The first-order valence-corrected chi connectivity index (χ1v) is 12.1. The summed E-state index contributed by atoms with van der Waals surface area (Å²) >= 11 is 7.52. The number of carbonyl (C=O) groups is 2. The molecule has 1 aliphatic carbocycles. The van der Waals surface area contributed by atoms with Crippen molar-refractivity contribution >= 4 is 39.8 Å². The zero-order valence-electron chi connectivity index (χ0n) is 18.0.